The van der Waals surface area contributed by atoms with Gasteiger partial charge in [-0.05, 0) is 30.5 Å². The molecule has 0 saturated carbocycles. The van der Waals surface area contributed by atoms with Crippen LogP contribution in [0.25, 0.3) is 0 Å². The predicted octanol–water partition coefficient (Wildman–Crippen LogP) is 1.54. The van der Waals surface area contributed by atoms with Gasteiger partial charge in [0.2, 0.25) is 10.0 Å². The van der Waals surface area contributed by atoms with E-state index in [0.717, 1.165) is 24.2 Å². The van der Waals surface area contributed by atoms with Crippen molar-refractivity contribution in [3.05, 3.63) is 54.1 Å². The van der Waals surface area contributed by atoms with Crippen molar-refractivity contribution >= 4 is 15.7 Å². The lowest BCUT2D eigenvalue weighted by Gasteiger charge is -2.19. The number of hydrogen-bond acceptors (Lipinski definition) is 5. The van der Waals surface area contributed by atoms with Crippen molar-refractivity contribution in [2.24, 2.45) is 0 Å². The summed E-state index contributed by atoms with van der Waals surface area (Å²) in [6.45, 7) is 1.58. The summed E-state index contributed by atoms with van der Waals surface area (Å²) in [5.74, 6) is 0.368. The van der Waals surface area contributed by atoms with Crippen LogP contribution in [0.2, 0.25) is 0 Å². The highest BCUT2D eigenvalue weighted by Gasteiger charge is 2.30. The van der Waals surface area contributed by atoms with Crippen LogP contribution in [-0.4, -0.2) is 45.4 Å². The number of fused-ring (bicyclic) bond motifs is 1. The van der Waals surface area contributed by atoms with Crippen molar-refractivity contribution in [3.8, 4) is 5.75 Å². The maximum absolute atomic E-state index is 12.7. The van der Waals surface area contributed by atoms with Crippen LogP contribution in [0.3, 0.4) is 0 Å². The van der Waals surface area contributed by atoms with Crippen LogP contribution in [0.4, 0.5) is 5.69 Å². The maximum atomic E-state index is 12.7. The van der Waals surface area contributed by atoms with E-state index >= 15 is 0 Å². The average molecular weight is 374 g/mol. The number of ether oxygens (including phenoxy) is 1. The molecule has 2 atom stereocenters. The van der Waals surface area contributed by atoms with Gasteiger partial charge in [0, 0.05) is 24.8 Å². The van der Waals surface area contributed by atoms with Gasteiger partial charge in [0.05, 0.1) is 12.1 Å². The van der Waals surface area contributed by atoms with Gasteiger partial charge in [0.15, 0.2) is 0 Å². The van der Waals surface area contributed by atoms with E-state index in [-0.39, 0.29) is 23.6 Å². The molecule has 2 aliphatic rings. The Balaban J connectivity index is 1.58. The summed E-state index contributed by atoms with van der Waals surface area (Å²) in [7, 11) is -3.64. The van der Waals surface area contributed by atoms with E-state index in [9.17, 15) is 13.5 Å². The lowest BCUT2D eigenvalue weighted by atomic mass is 10.1. The summed E-state index contributed by atoms with van der Waals surface area (Å²) < 4.78 is 34.1. The van der Waals surface area contributed by atoms with Gasteiger partial charge in [0.1, 0.15) is 17.3 Å². The number of aliphatic hydroxyl groups is 1. The van der Waals surface area contributed by atoms with Crippen molar-refractivity contribution in [1.82, 2.24) is 4.72 Å². The Hall–Kier alpha value is -2.09. The number of nitrogens with zero attached hydrogens (tertiary/aromatic N) is 1. The number of sulfonamides is 1. The summed E-state index contributed by atoms with van der Waals surface area (Å²) >= 11 is 0. The Morgan fingerprint density at radius 3 is 2.73 bits per heavy atom. The third-order valence-electron chi connectivity index (χ3n) is 4.83. The molecule has 0 spiro atoms. The highest BCUT2D eigenvalue weighted by molar-refractivity contribution is 7.89. The molecule has 2 heterocycles. The van der Waals surface area contributed by atoms with Crippen LogP contribution < -0.4 is 14.4 Å². The van der Waals surface area contributed by atoms with Crippen molar-refractivity contribution < 1.29 is 18.3 Å². The normalized spacial score (nSPS) is 24.6. The monoisotopic (exact) mass is 374 g/mol. The van der Waals surface area contributed by atoms with E-state index in [1.807, 2.05) is 35.2 Å². The van der Waals surface area contributed by atoms with Gasteiger partial charge < -0.3 is 14.7 Å². The molecule has 138 valence electrons. The largest absolute Gasteiger partial charge is 0.490 e. The third-order valence-corrected chi connectivity index (χ3v) is 6.39. The molecule has 0 amide bonds. The fraction of sp³-hybridized carbons (Fsp3) is 0.368. The molecular formula is C19H22N2O4S. The minimum atomic E-state index is -3.64. The van der Waals surface area contributed by atoms with Gasteiger partial charge in [-0.25, -0.2) is 13.1 Å². The van der Waals surface area contributed by atoms with E-state index in [1.165, 1.54) is 0 Å². The Kier molecular flexibility index (Phi) is 4.60. The van der Waals surface area contributed by atoms with E-state index < -0.39 is 10.0 Å². The topological polar surface area (TPSA) is 78.9 Å². The fourth-order valence-electron chi connectivity index (χ4n) is 3.51. The van der Waals surface area contributed by atoms with Crippen molar-refractivity contribution in [1.29, 1.82) is 0 Å². The van der Waals surface area contributed by atoms with Crippen LogP contribution in [0.15, 0.2) is 53.4 Å². The quantitative estimate of drug-likeness (QED) is 0.852. The number of benzene rings is 2. The molecule has 2 aliphatic heterocycles. The first-order valence-electron chi connectivity index (χ1n) is 8.77. The van der Waals surface area contributed by atoms with Crippen LogP contribution in [0.5, 0.6) is 5.75 Å². The molecule has 2 aromatic rings. The Morgan fingerprint density at radius 2 is 2.00 bits per heavy atom. The first-order chi connectivity index (χ1) is 12.5. The zero-order valence-electron chi connectivity index (χ0n) is 14.3. The molecular weight excluding hydrogens is 352 g/mol. The van der Waals surface area contributed by atoms with Gasteiger partial charge in [-0.3, -0.25) is 0 Å². The van der Waals surface area contributed by atoms with Gasteiger partial charge in [-0.2, -0.15) is 0 Å². The summed E-state index contributed by atoms with van der Waals surface area (Å²) in [6.07, 6.45) is 0.950. The predicted molar refractivity (Wildman–Crippen MR) is 99.0 cm³/mol. The van der Waals surface area contributed by atoms with Gasteiger partial charge in [-0.1, -0.05) is 30.3 Å². The minimum Gasteiger partial charge on any atom is -0.490 e. The highest BCUT2D eigenvalue weighted by Crippen LogP contribution is 2.32. The van der Waals surface area contributed by atoms with Crippen LogP contribution >= 0.6 is 0 Å². The smallest absolute Gasteiger partial charge is 0.244 e. The maximum Gasteiger partial charge on any atom is 0.244 e. The minimum absolute atomic E-state index is 0.163. The Morgan fingerprint density at radius 1 is 1.19 bits per heavy atom. The molecule has 2 aromatic carbocycles. The zero-order chi connectivity index (χ0) is 18.1. The second kappa shape index (κ2) is 6.90. The molecule has 0 unspecified atom stereocenters. The highest BCUT2D eigenvalue weighted by atomic mass is 32.2. The first-order valence-corrected chi connectivity index (χ1v) is 10.3. The number of β-amino-alcohol motifs (C(OH)–C–C–N with tert-alkyl or cyclic N) is 1. The number of hydrogen-bond donors (Lipinski definition) is 2. The Labute approximate surface area is 153 Å². The molecule has 2 N–H and O–H groups in total. The SMILES string of the molecule is O=S1(=O)N[C@H](Cc2ccccc2)COc2cc(N3CC[C@H](O)C3)ccc21. The summed E-state index contributed by atoms with van der Waals surface area (Å²) in [6, 6.07) is 14.6. The third kappa shape index (κ3) is 3.56. The number of nitrogens with one attached hydrogen (secondary N) is 1. The summed E-state index contributed by atoms with van der Waals surface area (Å²) in [5.41, 5.74) is 1.93. The van der Waals surface area contributed by atoms with Crippen molar-refractivity contribution in [2.75, 3.05) is 24.6 Å². The van der Waals surface area contributed by atoms with Crippen LogP contribution in [0.1, 0.15) is 12.0 Å². The lowest BCUT2D eigenvalue weighted by molar-refractivity contribution is 0.198. The van der Waals surface area contributed by atoms with Gasteiger partial charge >= 0.3 is 0 Å². The molecule has 0 bridgehead atoms. The van der Waals surface area contributed by atoms with Crippen LogP contribution in [0, 0.1) is 0 Å². The standard InChI is InChI=1S/C19H22N2O4S/c22-17-8-9-21(12-17)16-6-7-19-18(11-16)25-13-15(20-26(19,23)24)10-14-4-2-1-3-5-14/h1-7,11,15,17,20,22H,8-10,12-13H2/t15-,17+/m1/s1. The number of aliphatic hydroxyl groups excluding tert-OH is 1. The molecule has 6 nitrogen and oxygen atoms in total. The van der Waals surface area contributed by atoms with Gasteiger partial charge in [-0.15, -0.1) is 0 Å². The second-order valence-electron chi connectivity index (χ2n) is 6.84. The molecule has 4 rings (SSSR count). The second-order valence-corrected chi connectivity index (χ2v) is 8.52. The molecule has 0 aliphatic carbocycles. The molecule has 1 saturated heterocycles. The lowest BCUT2D eigenvalue weighted by Crippen LogP contribution is -2.38. The molecule has 0 radical (unpaired) electrons. The Bertz CT molecular complexity index is 886. The van der Waals surface area contributed by atoms with Gasteiger partial charge in [0.25, 0.3) is 0 Å². The number of anilines is 1. The fourth-order valence-corrected chi connectivity index (χ4v) is 4.86. The average Bonchev–Trinajstić information content (AvgIpc) is 3.01. The van der Waals surface area contributed by atoms with Crippen molar-refractivity contribution in [2.45, 2.75) is 29.9 Å². The molecule has 1 fully saturated rings. The van der Waals surface area contributed by atoms with E-state index in [4.69, 9.17) is 4.74 Å². The van der Waals surface area contributed by atoms with Crippen LogP contribution in [-0.2, 0) is 16.4 Å². The van der Waals surface area contributed by atoms with E-state index in [2.05, 4.69) is 4.72 Å². The zero-order valence-corrected chi connectivity index (χ0v) is 15.2. The summed E-state index contributed by atoms with van der Waals surface area (Å²) in [5, 5.41) is 9.72. The summed E-state index contributed by atoms with van der Waals surface area (Å²) in [4.78, 5) is 2.21. The molecule has 0 aromatic heterocycles. The first kappa shape index (κ1) is 17.3. The molecule has 7 heteroatoms. The molecule has 26 heavy (non-hydrogen) atoms. The number of rotatable bonds is 3. The van der Waals surface area contributed by atoms with Crippen molar-refractivity contribution in [3.63, 3.8) is 0 Å². The van der Waals surface area contributed by atoms with E-state index in [0.29, 0.717) is 18.7 Å². The van der Waals surface area contributed by atoms with E-state index in [1.54, 1.807) is 18.2 Å².